The first-order chi connectivity index (χ1) is 11.0. The van der Waals surface area contributed by atoms with Crippen LogP contribution in [0.2, 0.25) is 5.02 Å². The molecule has 1 aliphatic rings. The van der Waals surface area contributed by atoms with Gasteiger partial charge in [0.15, 0.2) is 5.69 Å². The van der Waals surface area contributed by atoms with Crippen molar-refractivity contribution in [3.8, 4) is 0 Å². The van der Waals surface area contributed by atoms with Crippen LogP contribution in [-0.2, 0) is 6.54 Å². The average molecular weight is 336 g/mol. The third kappa shape index (κ3) is 3.44. The predicted octanol–water partition coefficient (Wildman–Crippen LogP) is 2.27. The minimum atomic E-state index is -0.369. The first-order valence-electron chi connectivity index (χ1n) is 7.53. The fourth-order valence-corrected chi connectivity index (χ4v) is 2.62. The first-order valence-corrected chi connectivity index (χ1v) is 7.91. The van der Waals surface area contributed by atoms with Crippen molar-refractivity contribution >= 4 is 23.5 Å². The Bertz CT molecular complexity index is 705. The minimum absolute atomic E-state index is 0.170. The van der Waals surface area contributed by atoms with E-state index in [-0.39, 0.29) is 23.2 Å². The van der Waals surface area contributed by atoms with Crippen LogP contribution < -0.4 is 10.2 Å². The van der Waals surface area contributed by atoms with Crippen molar-refractivity contribution < 1.29 is 9.21 Å². The molecule has 3 heterocycles. The van der Waals surface area contributed by atoms with Crippen LogP contribution in [0, 0.1) is 13.8 Å². The van der Waals surface area contributed by atoms with Gasteiger partial charge >= 0.3 is 0 Å². The van der Waals surface area contributed by atoms with E-state index >= 15 is 0 Å². The highest BCUT2D eigenvalue weighted by molar-refractivity contribution is 6.33. The van der Waals surface area contributed by atoms with E-state index in [1.54, 1.807) is 0 Å². The van der Waals surface area contributed by atoms with Gasteiger partial charge in [0.2, 0.25) is 11.8 Å². The normalized spacial score (nSPS) is 14.3. The summed E-state index contributed by atoms with van der Waals surface area (Å²) in [7, 11) is 0. The molecule has 0 aliphatic carbocycles. The van der Waals surface area contributed by atoms with Gasteiger partial charge in [0.1, 0.15) is 5.76 Å². The van der Waals surface area contributed by atoms with Crippen molar-refractivity contribution in [1.82, 2.24) is 20.3 Å². The lowest BCUT2D eigenvalue weighted by Gasteiger charge is -2.15. The number of nitrogens with one attached hydrogen (secondary N) is 1. The number of hydrogen-bond acceptors (Lipinski definition) is 6. The second-order valence-corrected chi connectivity index (χ2v) is 5.90. The first kappa shape index (κ1) is 15.7. The highest BCUT2D eigenvalue weighted by Gasteiger charge is 2.20. The van der Waals surface area contributed by atoms with Crippen molar-refractivity contribution in [2.75, 3.05) is 18.0 Å². The Labute approximate surface area is 139 Å². The van der Waals surface area contributed by atoms with Crippen LogP contribution in [0.1, 0.15) is 40.7 Å². The van der Waals surface area contributed by atoms with E-state index in [0.717, 1.165) is 37.4 Å². The number of carbonyl (C=O) groups is 1. The van der Waals surface area contributed by atoms with Gasteiger partial charge in [-0.2, -0.15) is 0 Å². The Morgan fingerprint density at radius 1 is 1.35 bits per heavy atom. The maximum atomic E-state index is 12.3. The lowest BCUT2D eigenvalue weighted by molar-refractivity contribution is 0.0942. The van der Waals surface area contributed by atoms with Gasteiger partial charge < -0.3 is 14.6 Å². The molecule has 0 spiro atoms. The molecular weight excluding hydrogens is 318 g/mol. The zero-order chi connectivity index (χ0) is 16.4. The predicted molar refractivity (Wildman–Crippen MR) is 85.6 cm³/mol. The van der Waals surface area contributed by atoms with Crippen LogP contribution in [0.25, 0.3) is 0 Å². The van der Waals surface area contributed by atoms with Crippen LogP contribution in [-0.4, -0.2) is 33.9 Å². The van der Waals surface area contributed by atoms with E-state index in [9.17, 15) is 4.79 Å². The summed E-state index contributed by atoms with van der Waals surface area (Å²) in [6, 6.07) is 0. The lowest BCUT2D eigenvalue weighted by atomic mass is 10.3. The van der Waals surface area contributed by atoms with Crippen molar-refractivity contribution in [3.05, 3.63) is 34.3 Å². The zero-order valence-corrected chi connectivity index (χ0v) is 13.9. The number of amides is 1. The number of halogens is 1. The number of oxazole rings is 1. The summed E-state index contributed by atoms with van der Waals surface area (Å²) >= 11 is 6.07. The number of carbonyl (C=O) groups excluding carboxylic acids is 1. The monoisotopic (exact) mass is 335 g/mol. The molecule has 1 fully saturated rings. The van der Waals surface area contributed by atoms with E-state index < -0.39 is 0 Å². The van der Waals surface area contributed by atoms with Crippen molar-refractivity contribution in [3.63, 3.8) is 0 Å². The molecule has 1 amide bonds. The highest BCUT2D eigenvalue weighted by atomic mass is 35.5. The number of aromatic nitrogens is 3. The molecule has 0 bridgehead atoms. The molecule has 0 radical (unpaired) electrons. The summed E-state index contributed by atoms with van der Waals surface area (Å²) in [5.41, 5.74) is 0.981. The molecule has 3 rings (SSSR count). The molecular formula is C15H18ClN5O2. The Kier molecular flexibility index (Phi) is 4.47. The Balaban J connectivity index is 1.71. The summed E-state index contributed by atoms with van der Waals surface area (Å²) < 4.78 is 5.44. The van der Waals surface area contributed by atoms with Gasteiger partial charge in [-0.25, -0.2) is 15.0 Å². The topological polar surface area (TPSA) is 84.2 Å². The molecule has 0 unspecified atom stereocenters. The van der Waals surface area contributed by atoms with Gasteiger partial charge in [-0.05, 0) is 26.7 Å². The summed E-state index contributed by atoms with van der Waals surface area (Å²) in [4.78, 5) is 27.1. The number of anilines is 1. The Morgan fingerprint density at radius 2 is 2.09 bits per heavy atom. The molecule has 0 atom stereocenters. The summed E-state index contributed by atoms with van der Waals surface area (Å²) in [6.07, 6.45) is 3.68. The molecule has 23 heavy (non-hydrogen) atoms. The van der Waals surface area contributed by atoms with Crippen LogP contribution >= 0.6 is 11.6 Å². The van der Waals surface area contributed by atoms with Crippen LogP contribution in [0.4, 0.5) is 5.95 Å². The molecule has 1 aliphatic heterocycles. The SMILES string of the molecule is Cc1nc(CNC(=O)c2nc(N3CCCC3)ncc2Cl)oc1C. The lowest BCUT2D eigenvalue weighted by Crippen LogP contribution is -2.27. The van der Waals surface area contributed by atoms with Crippen molar-refractivity contribution in [2.45, 2.75) is 33.2 Å². The van der Waals surface area contributed by atoms with Gasteiger partial charge in [0.25, 0.3) is 5.91 Å². The summed E-state index contributed by atoms with van der Waals surface area (Å²) in [5.74, 6) is 1.37. The quantitative estimate of drug-likeness (QED) is 0.922. The zero-order valence-electron chi connectivity index (χ0n) is 13.1. The fourth-order valence-electron chi connectivity index (χ4n) is 2.44. The third-order valence-corrected chi connectivity index (χ3v) is 4.08. The largest absolute Gasteiger partial charge is 0.444 e. The number of aryl methyl sites for hydroxylation is 2. The third-order valence-electron chi connectivity index (χ3n) is 3.81. The van der Waals surface area contributed by atoms with Crippen LogP contribution in [0.3, 0.4) is 0 Å². The Hall–Kier alpha value is -2.15. The summed E-state index contributed by atoms with van der Waals surface area (Å²) in [5, 5.41) is 2.95. The average Bonchev–Trinajstić information content (AvgIpc) is 3.16. The maximum absolute atomic E-state index is 12.3. The van der Waals surface area contributed by atoms with E-state index in [1.165, 1.54) is 6.20 Å². The van der Waals surface area contributed by atoms with E-state index in [4.69, 9.17) is 16.0 Å². The number of nitrogens with zero attached hydrogens (tertiary/aromatic N) is 4. The summed E-state index contributed by atoms with van der Waals surface area (Å²) in [6.45, 7) is 5.67. The number of rotatable bonds is 4. The van der Waals surface area contributed by atoms with Gasteiger partial charge in [0.05, 0.1) is 23.5 Å². The van der Waals surface area contributed by atoms with Crippen LogP contribution in [0.15, 0.2) is 10.6 Å². The molecule has 2 aromatic heterocycles. The molecule has 8 heteroatoms. The van der Waals surface area contributed by atoms with Crippen LogP contribution in [0.5, 0.6) is 0 Å². The highest BCUT2D eigenvalue weighted by Crippen LogP contribution is 2.20. The van der Waals surface area contributed by atoms with Gasteiger partial charge in [0, 0.05) is 13.1 Å². The molecule has 0 aromatic carbocycles. The van der Waals surface area contributed by atoms with E-state index in [0.29, 0.717) is 11.8 Å². The number of hydrogen-bond donors (Lipinski definition) is 1. The molecule has 2 aromatic rings. The van der Waals surface area contributed by atoms with Crippen molar-refractivity contribution in [1.29, 1.82) is 0 Å². The van der Waals surface area contributed by atoms with E-state index in [2.05, 4.69) is 20.3 Å². The standard InChI is InChI=1S/C15H18ClN5O2/c1-9-10(2)23-12(19-9)8-17-14(22)13-11(16)7-18-15(20-13)21-5-3-4-6-21/h7H,3-6,8H2,1-2H3,(H,17,22). The fraction of sp³-hybridized carbons (Fsp3) is 0.467. The molecule has 122 valence electrons. The van der Waals surface area contributed by atoms with Gasteiger partial charge in [-0.15, -0.1) is 0 Å². The van der Waals surface area contributed by atoms with Gasteiger partial charge in [-0.3, -0.25) is 4.79 Å². The van der Waals surface area contributed by atoms with Crippen molar-refractivity contribution in [2.24, 2.45) is 0 Å². The second kappa shape index (κ2) is 6.54. The smallest absolute Gasteiger partial charge is 0.272 e. The minimum Gasteiger partial charge on any atom is -0.444 e. The molecule has 0 saturated carbocycles. The molecule has 7 nitrogen and oxygen atoms in total. The molecule has 1 N–H and O–H groups in total. The van der Waals surface area contributed by atoms with Gasteiger partial charge in [-0.1, -0.05) is 11.6 Å². The molecule has 1 saturated heterocycles. The second-order valence-electron chi connectivity index (χ2n) is 5.49. The van der Waals surface area contributed by atoms with E-state index in [1.807, 2.05) is 18.7 Å². The Morgan fingerprint density at radius 3 is 2.74 bits per heavy atom. The maximum Gasteiger partial charge on any atom is 0.272 e.